The highest BCUT2D eigenvalue weighted by Gasteiger charge is 2.39. The van der Waals surface area contributed by atoms with Crippen molar-refractivity contribution >= 4 is 5.78 Å². The molecule has 2 aliphatic rings. The van der Waals surface area contributed by atoms with Gasteiger partial charge >= 0.3 is 0 Å². The van der Waals surface area contributed by atoms with Crippen LogP contribution in [0.5, 0.6) is 5.75 Å². The summed E-state index contributed by atoms with van der Waals surface area (Å²) in [7, 11) is 0. The molecule has 2 fully saturated rings. The predicted octanol–water partition coefficient (Wildman–Crippen LogP) is 3.43. The van der Waals surface area contributed by atoms with E-state index in [0.29, 0.717) is 33.0 Å². The van der Waals surface area contributed by atoms with E-state index in [9.17, 15) is 4.79 Å². The molecular formula is C26H34N2O4. The number of ether oxygens (including phenoxy) is 3. The Morgan fingerprint density at radius 2 is 1.47 bits per heavy atom. The van der Waals surface area contributed by atoms with E-state index in [1.807, 2.05) is 30.3 Å². The molecule has 32 heavy (non-hydrogen) atoms. The van der Waals surface area contributed by atoms with Gasteiger partial charge in [-0.2, -0.15) is 0 Å². The molecule has 6 nitrogen and oxygen atoms in total. The fourth-order valence-electron chi connectivity index (χ4n) is 4.57. The third-order valence-electron chi connectivity index (χ3n) is 6.20. The number of Topliss-reactive ketones (excluding diaryl/α,β-unsaturated/α-hetero) is 1. The molecule has 0 aliphatic carbocycles. The fraction of sp³-hybridized carbons (Fsp3) is 0.500. The average Bonchev–Trinajstić information content (AvgIpc) is 2.87. The van der Waals surface area contributed by atoms with Crippen molar-refractivity contribution in [3.63, 3.8) is 0 Å². The zero-order chi connectivity index (χ0) is 22.2. The van der Waals surface area contributed by atoms with E-state index in [2.05, 4.69) is 41.0 Å². The molecule has 2 saturated heterocycles. The maximum atomic E-state index is 14.0. The topological polar surface area (TPSA) is 51.2 Å². The van der Waals surface area contributed by atoms with Crippen molar-refractivity contribution in [1.82, 2.24) is 9.80 Å². The van der Waals surface area contributed by atoms with Gasteiger partial charge in [0.15, 0.2) is 5.78 Å². The average molecular weight is 439 g/mol. The molecule has 0 amide bonds. The first-order valence-corrected chi connectivity index (χ1v) is 11.7. The van der Waals surface area contributed by atoms with Crippen LogP contribution in [0.4, 0.5) is 0 Å². The molecule has 2 atom stereocenters. The predicted molar refractivity (Wildman–Crippen MR) is 124 cm³/mol. The summed E-state index contributed by atoms with van der Waals surface area (Å²) in [6.07, 6.45) is 0.956. The normalized spacial score (nSPS) is 19.9. The second-order valence-corrected chi connectivity index (χ2v) is 8.33. The molecule has 2 aromatic rings. The minimum absolute atomic E-state index is 0.0401. The fourth-order valence-corrected chi connectivity index (χ4v) is 4.57. The van der Waals surface area contributed by atoms with Gasteiger partial charge in [0.1, 0.15) is 5.75 Å². The number of rotatable bonds is 9. The molecule has 2 aromatic carbocycles. The van der Waals surface area contributed by atoms with Gasteiger partial charge < -0.3 is 14.2 Å². The van der Waals surface area contributed by atoms with Gasteiger partial charge in [-0.15, -0.1) is 0 Å². The summed E-state index contributed by atoms with van der Waals surface area (Å²) in [6, 6.07) is 17.7. The van der Waals surface area contributed by atoms with Crippen molar-refractivity contribution in [1.29, 1.82) is 0 Å². The number of ketones is 1. The highest BCUT2D eigenvalue weighted by molar-refractivity contribution is 6.00. The molecule has 0 radical (unpaired) electrons. The number of nitrogens with zero attached hydrogens (tertiary/aromatic N) is 2. The van der Waals surface area contributed by atoms with Gasteiger partial charge in [-0.05, 0) is 36.2 Å². The Morgan fingerprint density at radius 1 is 0.875 bits per heavy atom. The van der Waals surface area contributed by atoms with Crippen molar-refractivity contribution in [2.45, 2.75) is 25.4 Å². The van der Waals surface area contributed by atoms with Crippen molar-refractivity contribution in [2.24, 2.45) is 0 Å². The number of hydrogen-bond donors (Lipinski definition) is 0. The first kappa shape index (κ1) is 22.9. The minimum Gasteiger partial charge on any atom is -0.494 e. The van der Waals surface area contributed by atoms with Gasteiger partial charge in [-0.25, -0.2) is 0 Å². The van der Waals surface area contributed by atoms with Crippen molar-refractivity contribution in [3.05, 3.63) is 65.7 Å². The minimum atomic E-state index is -0.290. The lowest BCUT2D eigenvalue weighted by Crippen LogP contribution is -2.55. The second kappa shape index (κ2) is 11.6. The van der Waals surface area contributed by atoms with Crippen LogP contribution < -0.4 is 4.74 Å². The summed E-state index contributed by atoms with van der Waals surface area (Å²) >= 11 is 0. The van der Waals surface area contributed by atoms with Crippen LogP contribution in [0.1, 0.15) is 35.3 Å². The van der Waals surface area contributed by atoms with E-state index >= 15 is 0 Å². The number of morpholine rings is 2. The van der Waals surface area contributed by atoms with Gasteiger partial charge in [0, 0.05) is 31.7 Å². The second-order valence-electron chi connectivity index (χ2n) is 8.33. The lowest BCUT2D eigenvalue weighted by atomic mass is 9.89. The van der Waals surface area contributed by atoms with E-state index in [1.165, 1.54) is 5.56 Å². The van der Waals surface area contributed by atoms with Crippen molar-refractivity contribution in [3.8, 4) is 5.75 Å². The van der Waals surface area contributed by atoms with Crippen LogP contribution in [0.3, 0.4) is 0 Å². The maximum absolute atomic E-state index is 14.0. The Labute approximate surface area is 191 Å². The molecule has 2 aliphatic heterocycles. The SMILES string of the molecule is CCCOc1ccc(C(=O)[C@@H]([C@H](c2ccccc2)N2CCOCC2)N2CCOCC2)cc1. The van der Waals surface area contributed by atoms with Crippen LogP contribution in [-0.2, 0) is 9.47 Å². The van der Waals surface area contributed by atoms with Crippen LogP contribution >= 0.6 is 0 Å². The molecule has 0 aromatic heterocycles. The smallest absolute Gasteiger partial charge is 0.181 e. The molecule has 0 unspecified atom stereocenters. The van der Waals surface area contributed by atoms with E-state index in [0.717, 1.165) is 43.9 Å². The Bertz CT molecular complexity index is 831. The number of carbonyl (C=O) groups excluding carboxylic acids is 1. The summed E-state index contributed by atoms with van der Waals surface area (Å²) in [6.45, 7) is 8.58. The number of benzene rings is 2. The monoisotopic (exact) mass is 438 g/mol. The molecule has 0 bridgehead atoms. The number of carbonyl (C=O) groups is 1. The van der Waals surface area contributed by atoms with Crippen LogP contribution in [-0.4, -0.2) is 80.8 Å². The van der Waals surface area contributed by atoms with Gasteiger partial charge in [0.25, 0.3) is 0 Å². The third-order valence-corrected chi connectivity index (χ3v) is 6.20. The molecule has 0 saturated carbocycles. The molecule has 0 N–H and O–H groups in total. The zero-order valence-corrected chi connectivity index (χ0v) is 18.9. The Morgan fingerprint density at radius 3 is 2.06 bits per heavy atom. The summed E-state index contributed by atoms with van der Waals surface area (Å²) in [5, 5.41) is 0. The quantitative estimate of drug-likeness (QED) is 0.559. The van der Waals surface area contributed by atoms with E-state index in [4.69, 9.17) is 14.2 Å². The maximum Gasteiger partial charge on any atom is 0.181 e. The summed E-state index contributed by atoms with van der Waals surface area (Å²) in [5.41, 5.74) is 1.89. The highest BCUT2D eigenvalue weighted by Crippen LogP contribution is 2.32. The summed E-state index contributed by atoms with van der Waals surface area (Å²) in [5.74, 6) is 0.952. The first-order valence-electron chi connectivity index (χ1n) is 11.7. The molecule has 172 valence electrons. The molecule has 2 heterocycles. The van der Waals surface area contributed by atoms with Crippen molar-refractivity contribution < 1.29 is 19.0 Å². The van der Waals surface area contributed by atoms with E-state index in [-0.39, 0.29) is 17.9 Å². The van der Waals surface area contributed by atoms with Crippen molar-refractivity contribution in [2.75, 3.05) is 59.2 Å². The van der Waals surface area contributed by atoms with Gasteiger partial charge in [0.05, 0.1) is 45.1 Å². The summed E-state index contributed by atoms with van der Waals surface area (Å²) in [4.78, 5) is 18.8. The molecule has 4 rings (SSSR count). The Kier molecular flexibility index (Phi) is 8.29. The first-order chi connectivity index (χ1) is 15.8. The van der Waals surface area contributed by atoms with Gasteiger partial charge in [0.2, 0.25) is 0 Å². The van der Waals surface area contributed by atoms with Gasteiger partial charge in [-0.3, -0.25) is 14.6 Å². The van der Waals surface area contributed by atoms with E-state index < -0.39 is 0 Å². The van der Waals surface area contributed by atoms with Crippen LogP contribution in [0.15, 0.2) is 54.6 Å². The number of hydrogen-bond acceptors (Lipinski definition) is 6. The Hall–Kier alpha value is -2.25. The van der Waals surface area contributed by atoms with Crippen LogP contribution in [0, 0.1) is 0 Å². The highest BCUT2D eigenvalue weighted by atomic mass is 16.5. The lowest BCUT2D eigenvalue weighted by Gasteiger charge is -2.44. The van der Waals surface area contributed by atoms with Crippen LogP contribution in [0.25, 0.3) is 0 Å². The Balaban J connectivity index is 1.68. The molecular weight excluding hydrogens is 404 g/mol. The van der Waals surface area contributed by atoms with Crippen LogP contribution in [0.2, 0.25) is 0 Å². The molecule has 0 spiro atoms. The summed E-state index contributed by atoms with van der Waals surface area (Å²) < 4.78 is 17.0. The van der Waals surface area contributed by atoms with Gasteiger partial charge in [-0.1, -0.05) is 37.3 Å². The van der Waals surface area contributed by atoms with E-state index in [1.54, 1.807) is 0 Å². The largest absolute Gasteiger partial charge is 0.494 e. The molecule has 6 heteroatoms. The zero-order valence-electron chi connectivity index (χ0n) is 18.9. The lowest BCUT2D eigenvalue weighted by molar-refractivity contribution is -0.0301. The third kappa shape index (κ3) is 5.56. The standard InChI is InChI=1S/C26H34N2O4/c1-2-16-32-23-10-8-22(9-11-23)26(29)25(28-14-19-31-20-15-28)24(21-6-4-3-5-7-21)27-12-17-30-18-13-27/h3-11,24-25H,2,12-20H2,1H3/t24-,25+/m0/s1.